The van der Waals surface area contributed by atoms with Crippen molar-refractivity contribution in [1.82, 2.24) is 4.90 Å². The van der Waals surface area contributed by atoms with E-state index in [0.717, 1.165) is 24.2 Å². The van der Waals surface area contributed by atoms with E-state index in [1.54, 1.807) is 0 Å². The largest absolute Gasteiger partial charge is 0.393 e. The molecule has 0 amide bonds. The molecule has 3 aliphatic rings. The summed E-state index contributed by atoms with van der Waals surface area (Å²) in [6, 6.07) is 0. The molecule has 0 aromatic rings. The molecule has 0 unspecified atom stereocenters. The molecule has 0 aromatic heterocycles. The highest BCUT2D eigenvalue weighted by Crippen LogP contribution is 2.48. The van der Waals surface area contributed by atoms with Gasteiger partial charge in [-0.05, 0) is 37.0 Å². The number of hydrogen-bond acceptors (Lipinski definition) is 2. The lowest BCUT2D eigenvalue weighted by molar-refractivity contribution is -0.0823. The predicted molar refractivity (Wildman–Crippen MR) is 51.5 cm³/mol. The summed E-state index contributed by atoms with van der Waals surface area (Å²) in [5.74, 6) is 0.812. The van der Waals surface area contributed by atoms with E-state index in [2.05, 4.69) is 4.90 Å². The van der Waals surface area contributed by atoms with Crippen LogP contribution in [0.5, 0.6) is 0 Å². The minimum Gasteiger partial charge on any atom is -0.393 e. The van der Waals surface area contributed by atoms with Crippen molar-refractivity contribution in [2.24, 2.45) is 11.3 Å². The summed E-state index contributed by atoms with van der Waals surface area (Å²) in [7, 11) is 0. The summed E-state index contributed by atoms with van der Waals surface area (Å²) in [5.41, 5.74) is 0.780. The third-order valence-electron chi connectivity index (χ3n) is 4.26. The molecule has 3 fully saturated rings. The summed E-state index contributed by atoms with van der Waals surface area (Å²) in [4.78, 5) is 2.59. The van der Waals surface area contributed by atoms with Gasteiger partial charge in [0.2, 0.25) is 0 Å². The van der Waals surface area contributed by atoms with Gasteiger partial charge in [0.1, 0.15) is 0 Å². The maximum absolute atomic E-state index is 9.16. The molecule has 0 atom stereocenters. The molecular formula is C11H19NO. The molecule has 2 aliphatic carbocycles. The van der Waals surface area contributed by atoms with Crippen LogP contribution in [0.1, 0.15) is 32.1 Å². The molecule has 1 N–H and O–H groups in total. The van der Waals surface area contributed by atoms with Crippen LogP contribution in [-0.4, -0.2) is 35.7 Å². The zero-order valence-corrected chi connectivity index (χ0v) is 8.21. The van der Waals surface area contributed by atoms with Crippen molar-refractivity contribution in [2.45, 2.75) is 38.2 Å². The fourth-order valence-electron chi connectivity index (χ4n) is 3.24. The minimum absolute atomic E-state index is 0.0314. The van der Waals surface area contributed by atoms with E-state index in [9.17, 15) is 0 Å². The number of aliphatic hydroxyl groups excluding tert-OH is 1. The third kappa shape index (κ3) is 1.31. The Labute approximate surface area is 79.9 Å². The van der Waals surface area contributed by atoms with E-state index in [1.165, 1.54) is 38.9 Å². The van der Waals surface area contributed by atoms with E-state index < -0.39 is 0 Å². The second-order valence-corrected chi connectivity index (χ2v) is 5.51. The summed E-state index contributed by atoms with van der Waals surface area (Å²) in [5, 5.41) is 9.16. The molecule has 0 bridgehead atoms. The van der Waals surface area contributed by atoms with E-state index in [0.29, 0.717) is 0 Å². The van der Waals surface area contributed by atoms with Gasteiger partial charge in [0.05, 0.1) is 6.10 Å². The maximum Gasteiger partial charge on any atom is 0.0546 e. The highest BCUT2D eigenvalue weighted by Gasteiger charge is 2.47. The van der Waals surface area contributed by atoms with Gasteiger partial charge in [-0.1, -0.05) is 6.42 Å². The van der Waals surface area contributed by atoms with Gasteiger partial charge in [-0.3, -0.25) is 0 Å². The Bertz CT molecular complexity index is 198. The Kier molecular flexibility index (Phi) is 1.72. The quantitative estimate of drug-likeness (QED) is 0.693. The molecule has 1 spiro atoms. The van der Waals surface area contributed by atoms with E-state index in [1.807, 2.05) is 0 Å². The highest BCUT2D eigenvalue weighted by molar-refractivity contribution is 5.01. The lowest BCUT2D eigenvalue weighted by Gasteiger charge is -2.57. The number of rotatable bonds is 2. The van der Waals surface area contributed by atoms with Gasteiger partial charge in [-0.2, -0.15) is 0 Å². The van der Waals surface area contributed by atoms with Crippen LogP contribution in [0, 0.1) is 11.3 Å². The molecule has 2 heteroatoms. The van der Waals surface area contributed by atoms with Crippen molar-refractivity contribution in [2.75, 3.05) is 19.6 Å². The van der Waals surface area contributed by atoms with E-state index in [-0.39, 0.29) is 6.10 Å². The lowest BCUT2D eigenvalue weighted by Crippen LogP contribution is -2.61. The normalized spacial score (nSPS) is 42.2. The average Bonchev–Trinajstić information content (AvgIpc) is 1.87. The van der Waals surface area contributed by atoms with Crippen LogP contribution in [0.2, 0.25) is 0 Å². The monoisotopic (exact) mass is 181 g/mol. The molecule has 2 saturated carbocycles. The molecule has 1 heterocycles. The maximum atomic E-state index is 9.16. The van der Waals surface area contributed by atoms with Crippen molar-refractivity contribution in [3.05, 3.63) is 0 Å². The smallest absolute Gasteiger partial charge is 0.0546 e. The van der Waals surface area contributed by atoms with Crippen LogP contribution >= 0.6 is 0 Å². The van der Waals surface area contributed by atoms with Crippen molar-refractivity contribution in [3.63, 3.8) is 0 Å². The summed E-state index contributed by atoms with van der Waals surface area (Å²) in [6.07, 6.45) is 6.58. The number of hydrogen-bond donors (Lipinski definition) is 1. The highest BCUT2D eigenvalue weighted by atomic mass is 16.3. The number of likely N-dealkylation sites (tertiary alicyclic amines) is 1. The first-order valence-corrected chi connectivity index (χ1v) is 5.66. The fourth-order valence-corrected chi connectivity index (χ4v) is 3.24. The molecule has 13 heavy (non-hydrogen) atoms. The van der Waals surface area contributed by atoms with Crippen molar-refractivity contribution in [3.8, 4) is 0 Å². The fraction of sp³-hybridized carbons (Fsp3) is 1.00. The lowest BCUT2D eigenvalue weighted by atomic mass is 9.63. The standard InChI is InChI=1S/C11H19NO/c13-10-4-9(5-10)6-12-7-11(8-12)2-1-3-11/h9-10,13H,1-8H2. The van der Waals surface area contributed by atoms with Crippen LogP contribution < -0.4 is 0 Å². The molecule has 3 rings (SSSR count). The summed E-state index contributed by atoms with van der Waals surface area (Å²) in [6.45, 7) is 3.98. The Balaban J connectivity index is 1.40. The average molecular weight is 181 g/mol. The molecule has 2 nitrogen and oxygen atoms in total. The molecular weight excluding hydrogens is 162 g/mol. The molecule has 74 valence electrons. The Morgan fingerprint density at radius 3 is 2.38 bits per heavy atom. The van der Waals surface area contributed by atoms with Crippen LogP contribution in [-0.2, 0) is 0 Å². The number of aliphatic hydroxyl groups is 1. The topological polar surface area (TPSA) is 23.5 Å². The SMILES string of the molecule is OC1CC(CN2CC3(CCC3)C2)C1. The third-order valence-corrected chi connectivity index (χ3v) is 4.26. The first-order chi connectivity index (χ1) is 6.26. The van der Waals surface area contributed by atoms with Crippen molar-refractivity contribution < 1.29 is 5.11 Å². The van der Waals surface area contributed by atoms with Gasteiger partial charge in [-0.15, -0.1) is 0 Å². The zero-order chi connectivity index (χ0) is 8.89. The van der Waals surface area contributed by atoms with Crippen molar-refractivity contribution >= 4 is 0 Å². The summed E-state index contributed by atoms with van der Waals surface area (Å²) >= 11 is 0. The van der Waals surface area contributed by atoms with Gasteiger partial charge >= 0.3 is 0 Å². The Morgan fingerprint density at radius 2 is 1.92 bits per heavy atom. The second-order valence-electron chi connectivity index (χ2n) is 5.51. The minimum atomic E-state index is 0.0314. The van der Waals surface area contributed by atoms with Crippen LogP contribution in [0.3, 0.4) is 0 Å². The van der Waals surface area contributed by atoms with Gasteiger partial charge < -0.3 is 10.0 Å². The Morgan fingerprint density at radius 1 is 1.23 bits per heavy atom. The van der Waals surface area contributed by atoms with Gasteiger partial charge in [0, 0.05) is 19.6 Å². The van der Waals surface area contributed by atoms with Crippen molar-refractivity contribution in [1.29, 1.82) is 0 Å². The van der Waals surface area contributed by atoms with Crippen LogP contribution in [0.4, 0.5) is 0 Å². The van der Waals surface area contributed by atoms with Gasteiger partial charge in [0.25, 0.3) is 0 Å². The first kappa shape index (κ1) is 8.25. The molecule has 0 aromatic carbocycles. The van der Waals surface area contributed by atoms with E-state index in [4.69, 9.17) is 5.11 Å². The van der Waals surface area contributed by atoms with E-state index >= 15 is 0 Å². The van der Waals surface area contributed by atoms with Gasteiger partial charge in [0.15, 0.2) is 0 Å². The summed E-state index contributed by atoms with van der Waals surface area (Å²) < 4.78 is 0. The predicted octanol–water partition coefficient (Wildman–Crippen LogP) is 1.24. The molecule has 1 saturated heterocycles. The van der Waals surface area contributed by atoms with Crippen LogP contribution in [0.25, 0.3) is 0 Å². The van der Waals surface area contributed by atoms with Gasteiger partial charge in [-0.25, -0.2) is 0 Å². The number of nitrogens with zero attached hydrogens (tertiary/aromatic N) is 1. The zero-order valence-electron chi connectivity index (χ0n) is 8.21. The molecule has 1 aliphatic heterocycles. The van der Waals surface area contributed by atoms with Crippen LogP contribution in [0.15, 0.2) is 0 Å². The first-order valence-electron chi connectivity index (χ1n) is 5.66. The Hall–Kier alpha value is -0.0800. The molecule has 0 radical (unpaired) electrons. The second kappa shape index (κ2) is 2.71.